The van der Waals surface area contributed by atoms with Gasteiger partial charge in [0.25, 0.3) is 6.01 Å². The third kappa shape index (κ3) is 4.08. The van der Waals surface area contributed by atoms with Crippen molar-refractivity contribution in [1.29, 1.82) is 0 Å². The van der Waals surface area contributed by atoms with Gasteiger partial charge in [-0.15, -0.1) is 0 Å². The molecule has 3 aromatic rings. The number of H-pyrrole nitrogens is 1. The maximum atomic E-state index is 14.9. The molecule has 10 nitrogen and oxygen atoms in total. The van der Waals surface area contributed by atoms with Crippen LogP contribution in [0, 0.1) is 5.82 Å². The number of hydrogen-bond acceptors (Lipinski definition) is 8. The van der Waals surface area contributed by atoms with Crippen LogP contribution in [-0.2, 0) is 20.7 Å². The fourth-order valence-electron chi connectivity index (χ4n) is 5.04. The molecule has 184 valence electrons. The second-order valence-electron chi connectivity index (χ2n) is 9.00. The normalized spacial score (nSPS) is 27.1. The van der Waals surface area contributed by atoms with Gasteiger partial charge >= 0.3 is 0 Å². The SMILES string of the molecule is CC(=O)Nc1cc(F)c2c(c1)CC[C@@H]2Nc1nc2nc(O[C@@H]3CO[C@H]4[C@@H]3OC[C@H]4O)[nH]c2cc1Cl. The number of amides is 1. The number of aliphatic hydroxyl groups is 1. The minimum atomic E-state index is -0.666. The Hall–Kier alpha value is -2.99. The summed E-state index contributed by atoms with van der Waals surface area (Å²) in [7, 11) is 0. The summed E-state index contributed by atoms with van der Waals surface area (Å²) in [5.41, 5.74) is 2.77. The van der Waals surface area contributed by atoms with E-state index in [1.807, 2.05) is 0 Å². The first-order valence-electron chi connectivity index (χ1n) is 11.4. The Morgan fingerprint density at radius 3 is 2.91 bits per heavy atom. The summed E-state index contributed by atoms with van der Waals surface area (Å²) in [6.45, 7) is 1.87. The van der Waals surface area contributed by atoms with E-state index in [9.17, 15) is 14.3 Å². The molecule has 4 N–H and O–H groups in total. The molecule has 12 heteroatoms. The third-order valence-electron chi connectivity index (χ3n) is 6.55. The van der Waals surface area contributed by atoms with E-state index in [1.54, 1.807) is 12.1 Å². The van der Waals surface area contributed by atoms with Crippen molar-refractivity contribution in [2.45, 2.75) is 50.2 Å². The zero-order chi connectivity index (χ0) is 24.3. The van der Waals surface area contributed by atoms with Crippen LogP contribution < -0.4 is 15.4 Å². The van der Waals surface area contributed by atoms with Gasteiger partial charge in [-0.25, -0.2) is 9.37 Å². The summed E-state index contributed by atoms with van der Waals surface area (Å²) in [6.07, 6.45) is -0.545. The number of nitrogens with zero attached hydrogens (tertiary/aromatic N) is 2. The molecule has 0 saturated carbocycles. The predicted molar refractivity (Wildman–Crippen MR) is 124 cm³/mol. The van der Waals surface area contributed by atoms with Crippen LogP contribution in [0.4, 0.5) is 15.9 Å². The number of pyridine rings is 1. The lowest BCUT2D eigenvalue weighted by Gasteiger charge is -2.17. The van der Waals surface area contributed by atoms with Crippen molar-refractivity contribution in [3.05, 3.63) is 40.2 Å². The van der Waals surface area contributed by atoms with Gasteiger partial charge in [0.1, 0.15) is 29.9 Å². The monoisotopic (exact) mass is 503 g/mol. The number of nitrogens with one attached hydrogen (secondary N) is 3. The van der Waals surface area contributed by atoms with Crippen molar-refractivity contribution in [1.82, 2.24) is 15.0 Å². The quantitative estimate of drug-likeness (QED) is 0.418. The molecule has 6 rings (SSSR count). The maximum absolute atomic E-state index is 14.9. The van der Waals surface area contributed by atoms with Gasteiger partial charge in [-0.2, -0.15) is 4.98 Å². The number of aliphatic hydroxyl groups excluding tert-OH is 1. The number of carbonyl (C=O) groups excluding carboxylic acids is 1. The number of ether oxygens (including phenoxy) is 3. The Kier molecular flexibility index (Phi) is 5.52. The van der Waals surface area contributed by atoms with Crippen molar-refractivity contribution in [2.75, 3.05) is 23.8 Å². The molecule has 2 aromatic heterocycles. The van der Waals surface area contributed by atoms with Crippen LogP contribution in [0.15, 0.2) is 18.2 Å². The highest BCUT2D eigenvalue weighted by Crippen LogP contribution is 2.39. The maximum Gasteiger partial charge on any atom is 0.296 e. The van der Waals surface area contributed by atoms with Crippen LogP contribution in [0.1, 0.15) is 30.5 Å². The Morgan fingerprint density at radius 1 is 1.26 bits per heavy atom. The second kappa shape index (κ2) is 8.59. The molecule has 2 saturated heterocycles. The minimum Gasteiger partial charge on any atom is -0.456 e. The van der Waals surface area contributed by atoms with Crippen LogP contribution in [0.2, 0.25) is 5.02 Å². The molecule has 5 atom stereocenters. The molecule has 2 aliphatic heterocycles. The van der Waals surface area contributed by atoms with E-state index in [4.69, 9.17) is 25.8 Å². The Balaban J connectivity index is 1.21. The van der Waals surface area contributed by atoms with Crippen LogP contribution in [0.3, 0.4) is 0 Å². The zero-order valence-corrected chi connectivity index (χ0v) is 19.4. The molecular weight excluding hydrogens is 481 g/mol. The van der Waals surface area contributed by atoms with Gasteiger partial charge in [0.05, 0.1) is 29.8 Å². The number of aromatic nitrogens is 3. The van der Waals surface area contributed by atoms with Crippen molar-refractivity contribution in [3.8, 4) is 6.01 Å². The summed E-state index contributed by atoms with van der Waals surface area (Å²) >= 11 is 6.48. The topological polar surface area (TPSA) is 131 Å². The second-order valence-corrected chi connectivity index (χ2v) is 9.41. The number of imidazole rings is 1. The standard InChI is InChI=1S/C23H23ClFN5O5/c1-9(31)26-11-4-10-2-3-14(18(10)13(25)5-11)27-21-12(24)6-15-22(29-21)30-23(28-15)35-17-8-34-19-16(32)7-33-20(17)19/h4-6,14,16-17,19-20,32H,2-3,7-8H2,1H3,(H,26,31)(H2,27,28,29,30)/t14-,16+,17+,19+,20+/m0/s1. The van der Waals surface area contributed by atoms with Gasteiger partial charge in [-0.05, 0) is 36.6 Å². The lowest BCUT2D eigenvalue weighted by atomic mass is 10.1. The number of fused-ring (bicyclic) bond motifs is 3. The molecule has 0 spiro atoms. The molecule has 1 amide bonds. The summed E-state index contributed by atoms with van der Waals surface area (Å²) in [5, 5.41) is 16.1. The molecule has 0 unspecified atom stereocenters. The summed E-state index contributed by atoms with van der Waals surface area (Å²) in [6, 6.07) is 4.71. The highest BCUT2D eigenvalue weighted by atomic mass is 35.5. The van der Waals surface area contributed by atoms with Crippen molar-refractivity contribution < 1.29 is 28.5 Å². The van der Waals surface area contributed by atoms with Gasteiger partial charge in [0, 0.05) is 18.2 Å². The number of anilines is 2. The van der Waals surface area contributed by atoms with Crippen molar-refractivity contribution in [3.63, 3.8) is 0 Å². The van der Waals surface area contributed by atoms with Crippen LogP contribution in [0.5, 0.6) is 6.01 Å². The lowest BCUT2D eigenvalue weighted by molar-refractivity contribution is -0.114. The first kappa shape index (κ1) is 22.5. The molecule has 3 aliphatic rings. The largest absolute Gasteiger partial charge is 0.456 e. The Labute approximate surface area is 204 Å². The van der Waals surface area contributed by atoms with Gasteiger partial charge in [0.2, 0.25) is 5.91 Å². The smallest absolute Gasteiger partial charge is 0.296 e. The van der Waals surface area contributed by atoms with E-state index in [2.05, 4.69) is 25.6 Å². The van der Waals surface area contributed by atoms with E-state index in [0.717, 1.165) is 5.56 Å². The fraction of sp³-hybridized carbons (Fsp3) is 0.435. The van der Waals surface area contributed by atoms with Crippen LogP contribution in [-0.4, -0.2) is 63.6 Å². The minimum absolute atomic E-state index is 0.209. The molecule has 4 heterocycles. The number of carbonyl (C=O) groups is 1. The van der Waals surface area contributed by atoms with Gasteiger partial charge in [0.15, 0.2) is 11.8 Å². The third-order valence-corrected chi connectivity index (χ3v) is 6.84. The van der Waals surface area contributed by atoms with Gasteiger partial charge in [-0.1, -0.05) is 11.6 Å². The highest BCUT2D eigenvalue weighted by molar-refractivity contribution is 6.33. The van der Waals surface area contributed by atoms with Crippen LogP contribution in [0.25, 0.3) is 11.2 Å². The van der Waals surface area contributed by atoms with Gasteiger partial charge < -0.3 is 34.9 Å². The molecule has 35 heavy (non-hydrogen) atoms. The van der Waals surface area contributed by atoms with E-state index in [-0.39, 0.29) is 37.3 Å². The number of halogens is 2. The number of aryl methyl sites for hydroxylation is 1. The fourth-order valence-corrected chi connectivity index (χ4v) is 5.25. The Morgan fingerprint density at radius 2 is 2.09 bits per heavy atom. The summed E-state index contributed by atoms with van der Waals surface area (Å²) < 4.78 is 32.0. The number of rotatable bonds is 5. The number of aromatic amines is 1. The molecule has 2 fully saturated rings. The average molecular weight is 504 g/mol. The molecule has 0 bridgehead atoms. The highest BCUT2D eigenvalue weighted by Gasteiger charge is 2.48. The number of benzene rings is 1. The van der Waals surface area contributed by atoms with E-state index in [1.165, 1.54) is 13.0 Å². The molecule has 1 aliphatic carbocycles. The lowest BCUT2D eigenvalue weighted by Crippen LogP contribution is -2.34. The predicted octanol–water partition coefficient (Wildman–Crippen LogP) is 2.71. The summed E-state index contributed by atoms with van der Waals surface area (Å²) in [4.78, 5) is 23.3. The molecule has 0 radical (unpaired) electrons. The van der Waals surface area contributed by atoms with E-state index in [0.29, 0.717) is 46.1 Å². The molecule has 1 aromatic carbocycles. The van der Waals surface area contributed by atoms with Gasteiger partial charge in [-0.3, -0.25) is 4.79 Å². The average Bonchev–Trinajstić information content (AvgIpc) is 3.55. The van der Waals surface area contributed by atoms with Crippen molar-refractivity contribution in [2.24, 2.45) is 0 Å². The summed E-state index contributed by atoms with van der Waals surface area (Å²) in [5.74, 6) is -0.269. The first-order chi connectivity index (χ1) is 16.9. The zero-order valence-electron chi connectivity index (χ0n) is 18.7. The first-order valence-corrected chi connectivity index (χ1v) is 11.7. The molecular formula is C23H23ClFN5O5. The van der Waals surface area contributed by atoms with E-state index < -0.39 is 24.1 Å². The Bertz CT molecular complexity index is 1320. The van der Waals surface area contributed by atoms with Crippen molar-refractivity contribution >= 4 is 40.2 Å². The van der Waals surface area contributed by atoms with E-state index >= 15 is 0 Å². The number of hydrogen-bond donors (Lipinski definition) is 4. The van der Waals surface area contributed by atoms with Crippen LogP contribution >= 0.6 is 11.6 Å².